The maximum atomic E-state index is 8.61. The average Bonchev–Trinajstić information content (AvgIpc) is 2.28. The number of aryl methyl sites for hydroxylation is 1. The van der Waals surface area contributed by atoms with E-state index in [-0.39, 0.29) is 0 Å². The van der Waals surface area contributed by atoms with Gasteiger partial charge in [-0.3, -0.25) is 5.32 Å². The molecule has 5 heteroatoms. The van der Waals surface area contributed by atoms with Crippen LogP contribution in [0.5, 0.6) is 0 Å². The second-order valence-corrected chi connectivity index (χ2v) is 4.85. The third-order valence-corrected chi connectivity index (χ3v) is 2.67. The highest BCUT2D eigenvalue weighted by atomic mass is 15.2. The summed E-state index contributed by atoms with van der Waals surface area (Å²) in [7, 11) is 2.01. The fraction of sp³-hybridized carbons (Fsp3) is 0.615. The van der Waals surface area contributed by atoms with E-state index in [0.29, 0.717) is 11.6 Å². The predicted octanol–water partition coefficient (Wildman–Crippen LogP) is 2.55. The lowest BCUT2D eigenvalue weighted by molar-refractivity contribution is 0.555. The Bertz CT molecular complexity index is 422. The summed E-state index contributed by atoms with van der Waals surface area (Å²) in [6, 6.07) is 1.80. The third-order valence-electron chi connectivity index (χ3n) is 2.67. The zero-order chi connectivity index (χ0) is 13.5. The fourth-order valence-electron chi connectivity index (χ4n) is 1.72. The topological polar surface area (TPSA) is 64.8 Å². The Morgan fingerprint density at radius 3 is 2.78 bits per heavy atom. The van der Waals surface area contributed by atoms with Gasteiger partial charge in [0, 0.05) is 19.7 Å². The smallest absolute Gasteiger partial charge is 0.182 e. The molecule has 0 amide bonds. The average molecular weight is 247 g/mol. The van der Waals surface area contributed by atoms with Crippen LogP contribution in [0, 0.1) is 24.3 Å². The van der Waals surface area contributed by atoms with Crippen LogP contribution in [-0.4, -0.2) is 23.6 Å². The van der Waals surface area contributed by atoms with Gasteiger partial charge in [0.1, 0.15) is 17.5 Å². The second kappa shape index (κ2) is 6.80. The summed E-state index contributed by atoms with van der Waals surface area (Å²) < 4.78 is 0. The number of rotatable bonds is 6. The summed E-state index contributed by atoms with van der Waals surface area (Å²) >= 11 is 0. The van der Waals surface area contributed by atoms with E-state index < -0.39 is 0 Å². The van der Waals surface area contributed by atoms with E-state index in [0.717, 1.165) is 24.7 Å². The van der Waals surface area contributed by atoms with E-state index in [4.69, 9.17) is 5.26 Å². The fourth-order valence-corrected chi connectivity index (χ4v) is 1.72. The van der Waals surface area contributed by atoms with Crippen molar-refractivity contribution in [3.05, 3.63) is 11.9 Å². The largest absolute Gasteiger partial charge is 0.360 e. The van der Waals surface area contributed by atoms with Crippen molar-refractivity contribution in [2.45, 2.75) is 33.6 Å². The summed E-state index contributed by atoms with van der Waals surface area (Å²) in [5, 5.41) is 11.2. The molecule has 0 saturated carbocycles. The van der Waals surface area contributed by atoms with Crippen LogP contribution < -0.4 is 10.2 Å². The molecule has 1 aromatic rings. The van der Waals surface area contributed by atoms with Crippen LogP contribution in [-0.2, 0) is 0 Å². The van der Waals surface area contributed by atoms with Crippen molar-refractivity contribution < 1.29 is 0 Å². The minimum Gasteiger partial charge on any atom is -0.360 e. The van der Waals surface area contributed by atoms with Crippen LogP contribution in [0.4, 0.5) is 11.6 Å². The van der Waals surface area contributed by atoms with Crippen molar-refractivity contribution in [3.8, 4) is 6.19 Å². The summed E-state index contributed by atoms with van der Waals surface area (Å²) in [6.45, 7) is 7.24. The van der Waals surface area contributed by atoms with Gasteiger partial charge < -0.3 is 4.90 Å². The Hall–Kier alpha value is -1.83. The SMILES string of the molecule is Cc1nc(NC#N)cc(N(C)CCCC(C)C)n1. The molecule has 0 aromatic carbocycles. The number of hydrogen-bond acceptors (Lipinski definition) is 5. The number of hydrogen-bond donors (Lipinski definition) is 1. The highest BCUT2D eigenvalue weighted by molar-refractivity contribution is 5.50. The van der Waals surface area contributed by atoms with Crippen molar-refractivity contribution in [3.63, 3.8) is 0 Å². The van der Waals surface area contributed by atoms with Gasteiger partial charge >= 0.3 is 0 Å². The Morgan fingerprint density at radius 2 is 2.17 bits per heavy atom. The summed E-state index contributed by atoms with van der Waals surface area (Å²) in [6.07, 6.45) is 4.22. The van der Waals surface area contributed by atoms with Crippen LogP contribution >= 0.6 is 0 Å². The molecule has 0 aliphatic carbocycles. The molecule has 0 aliphatic heterocycles. The standard InChI is InChI=1S/C13H21N5/c1-10(2)6-5-7-18(4)13-8-12(15-9-14)16-11(3)17-13/h8,10H,5-7H2,1-4H3,(H,15,16,17). The van der Waals surface area contributed by atoms with E-state index in [1.165, 1.54) is 6.42 Å². The molecule has 18 heavy (non-hydrogen) atoms. The second-order valence-electron chi connectivity index (χ2n) is 4.85. The molecule has 0 aliphatic rings. The lowest BCUT2D eigenvalue weighted by Gasteiger charge is -2.19. The van der Waals surface area contributed by atoms with E-state index in [9.17, 15) is 0 Å². The zero-order valence-electron chi connectivity index (χ0n) is 11.6. The first-order valence-corrected chi connectivity index (χ1v) is 6.25. The number of aromatic nitrogens is 2. The Labute approximate surface area is 109 Å². The highest BCUT2D eigenvalue weighted by Crippen LogP contribution is 2.15. The number of anilines is 2. The minimum atomic E-state index is 0.552. The molecular weight excluding hydrogens is 226 g/mol. The first-order valence-electron chi connectivity index (χ1n) is 6.25. The van der Waals surface area contributed by atoms with Crippen LogP contribution in [0.3, 0.4) is 0 Å². The minimum absolute atomic E-state index is 0.552. The zero-order valence-corrected chi connectivity index (χ0v) is 11.6. The Balaban J connectivity index is 2.67. The van der Waals surface area contributed by atoms with Gasteiger partial charge in [0.25, 0.3) is 0 Å². The first-order chi connectivity index (χ1) is 8.52. The molecule has 0 bridgehead atoms. The Morgan fingerprint density at radius 1 is 1.44 bits per heavy atom. The van der Waals surface area contributed by atoms with Crippen molar-refractivity contribution >= 4 is 11.6 Å². The molecule has 0 saturated heterocycles. The third kappa shape index (κ3) is 4.58. The first kappa shape index (κ1) is 14.2. The summed E-state index contributed by atoms with van der Waals surface area (Å²) in [4.78, 5) is 10.6. The molecule has 98 valence electrons. The molecule has 1 aromatic heterocycles. The van der Waals surface area contributed by atoms with E-state index in [2.05, 4.69) is 34.0 Å². The van der Waals surface area contributed by atoms with Gasteiger partial charge in [0.05, 0.1) is 0 Å². The van der Waals surface area contributed by atoms with Gasteiger partial charge in [-0.15, -0.1) is 0 Å². The van der Waals surface area contributed by atoms with Crippen LogP contribution in [0.25, 0.3) is 0 Å². The molecular formula is C13H21N5. The highest BCUT2D eigenvalue weighted by Gasteiger charge is 2.06. The molecule has 1 rings (SSSR count). The number of nitrogens with zero attached hydrogens (tertiary/aromatic N) is 4. The van der Waals surface area contributed by atoms with Crippen molar-refractivity contribution in [2.24, 2.45) is 5.92 Å². The van der Waals surface area contributed by atoms with Gasteiger partial charge in [-0.1, -0.05) is 13.8 Å². The van der Waals surface area contributed by atoms with Gasteiger partial charge in [-0.2, -0.15) is 5.26 Å². The van der Waals surface area contributed by atoms with E-state index >= 15 is 0 Å². The van der Waals surface area contributed by atoms with Crippen LogP contribution in [0.1, 0.15) is 32.5 Å². The van der Waals surface area contributed by atoms with Gasteiger partial charge in [0.2, 0.25) is 0 Å². The molecule has 1 N–H and O–H groups in total. The molecule has 0 fully saturated rings. The molecule has 5 nitrogen and oxygen atoms in total. The summed E-state index contributed by atoms with van der Waals surface area (Å²) in [5.74, 6) is 2.79. The molecule has 0 spiro atoms. The van der Waals surface area contributed by atoms with Gasteiger partial charge in [0.15, 0.2) is 6.19 Å². The van der Waals surface area contributed by atoms with E-state index in [1.54, 1.807) is 6.07 Å². The normalized spacial score (nSPS) is 10.2. The van der Waals surface area contributed by atoms with Crippen molar-refractivity contribution in [1.82, 2.24) is 9.97 Å². The maximum absolute atomic E-state index is 8.61. The quantitative estimate of drug-likeness (QED) is 0.618. The van der Waals surface area contributed by atoms with Crippen LogP contribution in [0.2, 0.25) is 0 Å². The lowest BCUT2D eigenvalue weighted by Crippen LogP contribution is -2.20. The molecule has 0 atom stereocenters. The monoisotopic (exact) mass is 247 g/mol. The predicted molar refractivity (Wildman–Crippen MR) is 73.3 cm³/mol. The molecule has 0 unspecified atom stereocenters. The summed E-state index contributed by atoms with van der Waals surface area (Å²) in [5.41, 5.74) is 0. The lowest BCUT2D eigenvalue weighted by atomic mass is 10.1. The molecule has 1 heterocycles. The van der Waals surface area contributed by atoms with Gasteiger partial charge in [-0.25, -0.2) is 9.97 Å². The van der Waals surface area contributed by atoms with E-state index in [1.807, 2.05) is 20.2 Å². The maximum Gasteiger partial charge on any atom is 0.182 e. The van der Waals surface area contributed by atoms with Crippen LogP contribution in [0.15, 0.2) is 6.07 Å². The Kier molecular flexibility index (Phi) is 5.37. The number of nitriles is 1. The van der Waals surface area contributed by atoms with Gasteiger partial charge in [-0.05, 0) is 25.7 Å². The molecule has 0 radical (unpaired) electrons. The number of nitrogens with one attached hydrogen (secondary N) is 1. The van der Waals surface area contributed by atoms with Crippen molar-refractivity contribution in [1.29, 1.82) is 5.26 Å². The van der Waals surface area contributed by atoms with Crippen molar-refractivity contribution in [2.75, 3.05) is 23.8 Å².